The van der Waals surface area contributed by atoms with Gasteiger partial charge in [-0.1, -0.05) is 48.9 Å². The summed E-state index contributed by atoms with van der Waals surface area (Å²) in [5.41, 5.74) is 0.661. The zero-order chi connectivity index (χ0) is 12.3. The third-order valence-electron chi connectivity index (χ3n) is 3.37. The summed E-state index contributed by atoms with van der Waals surface area (Å²) in [5, 5.41) is 1.07. The molecule has 3 heteroatoms. The molecule has 2 rings (SSSR count). The first kappa shape index (κ1) is 12.9. The number of benzene rings is 1. The molecule has 0 atom stereocenters. The summed E-state index contributed by atoms with van der Waals surface area (Å²) in [6, 6.07) is 5.11. The number of hydrogen-bond donors (Lipinski definition) is 0. The van der Waals surface area contributed by atoms with Gasteiger partial charge in [-0.15, -0.1) is 0 Å². The van der Waals surface area contributed by atoms with Crippen molar-refractivity contribution in [3.63, 3.8) is 0 Å². The number of rotatable bonds is 2. The van der Waals surface area contributed by atoms with Crippen molar-refractivity contribution in [2.75, 3.05) is 0 Å². The summed E-state index contributed by atoms with van der Waals surface area (Å²) in [6.45, 7) is 0. The fourth-order valence-electron chi connectivity index (χ4n) is 2.47. The Bertz CT molecular complexity index is 386. The first-order valence-electron chi connectivity index (χ1n) is 6.17. The normalized spacial score (nSPS) is 17.8. The Balaban J connectivity index is 2.17. The van der Waals surface area contributed by atoms with Crippen LogP contribution in [0.2, 0.25) is 10.0 Å². The van der Waals surface area contributed by atoms with Gasteiger partial charge in [-0.3, -0.25) is 4.79 Å². The van der Waals surface area contributed by atoms with Gasteiger partial charge in [-0.25, -0.2) is 0 Å². The third-order valence-corrected chi connectivity index (χ3v) is 3.81. The average Bonchev–Trinajstić information content (AvgIpc) is 2.55. The molecule has 0 spiro atoms. The highest BCUT2D eigenvalue weighted by Gasteiger charge is 2.21. The lowest BCUT2D eigenvalue weighted by Gasteiger charge is -2.13. The molecule has 92 valence electrons. The molecule has 0 N–H and O–H groups in total. The van der Waals surface area contributed by atoms with Gasteiger partial charge >= 0.3 is 0 Å². The molecular formula is C14H16Cl2O. The Labute approximate surface area is 112 Å². The topological polar surface area (TPSA) is 17.1 Å². The van der Waals surface area contributed by atoms with Crippen molar-refractivity contribution in [2.45, 2.75) is 38.5 Å². The minimum Gasteiger partial charge on any atom is -0.294 e. The van der Waals surface area contributed by atoms with Gasteiger partial charge in [0.25, 0.3) is 0 Å². The van der Waals surface area contributed by atoms with E-state index in [-0.39, 0.29) is 11.7 Å². The maximum atomic E-state index is 12.3. The Morgan fingerprint density at radius 2 is 1.47 bits per heavy atom. The number of ketones is 1. The molecule has 0 radical (unpaired) electrons. The summed E-state index contributed by atoms with van der Waals surface area (Å²) < 4.78 is 0. The third kappa shape index (κ3) is 3.46. The molecule has 0 amide bonds. The largest absolute Gasteiger partial charge is 0.294 e. The minimum atomic E-state index is 0.159. The van der Waals surface area contributed by atoms with Gasteiger partial charge in [-0.05, 0) is 31.0 Å². The van der Waals surface area contributed by atoms with Crippen molar-refractivity contribution in [1.82, 2.24) is 0 Å². The number of carbonyl (C=O) groups is 1. The smallest absolute Gasteiger partial charge is 0.166 e. The van der Waals surface area contributed by atoms with Crippen molar-refractivity contribution in [3.05, 3.63) is 33.8 Å². The van der Waals surface area contributed by atoms with E-state index >= 15 is 0 Å². The van der Waals surface area contributed by atoms with Crippen molar-refractivity contribution in [1.29, 1.82) is 0 Å². The van der Waals surface area contributed by atoms with Crippen LogP contribution in [0, 0.1) is 5.92 Å². The summed E-state index contributed by atoms with van der Waals surface area (Å²) in [7, 11) is 0. The van der Waals surface area contributed by atoms with Crippen LogP contribution in [0.5, 0.6) is 0 Å². The predicted octanol–water partition coefficient (Wildman–Crippen LogP) is 5.15. The molecule has 1 aliphatic carbocycles. The SMILES string of the molecule is O=C(c1cc(Cl)cc(Cl)c1)C1CCCCCC1. The molecule has 1 aromatic rings. The lowest BCUT2D eigenvalue weighted by Crippen LogP contribution is -2.14. The summed E-state index contributed by atoms with van der Waals surface area (Å²) in [5.74, 6) is 0.364. The lowest BCUT2D eigenvalue weighted by atomic mass is 9.91. The fourth-order valence-corrected chi connectivity index (χ4v) is 3.00. The van der Waals surface area contributed by atoms with Gasteiger partial charge in [0, 0.05) is 21.5 Å². The van der Waals surface area contributed by atoms with Crippen LogP contribution in [-0.4, -0.2) is 5.78 Å². The van der Waals surface area contributed by atoms with Crippen LogP contribution in [0.4, 0.5) is 0 Å². The molecule has 1 fully saturated rings. The van der Waals surface area contributed by atoms with Gasteiger partial charge in [0.05, 0.1) is 0 Å². The molecule has 17 heavy (non-hydrogen) atoms. The summed E-state index contributed by atoms with van der Waals surface area (Å²) in [6.07, 6.45) is 6.82. The van der Waals surface area contributed by atoms with Crippen molar-refractivity contribution >= 4 is 29.0 Å². The molecule has 1 nitrogen and oxygen atoms in total. The monoisotopic (exact) mass is 270 g/mol. The molecule has 0 aliphatic heterocycles. The number of Topliss-reactive ketones (excluding diaryl/α,β-unsaturated/α-hetero) is 1. The number of carbonyl (C=O) groups excluding carboxylic acids is 1. The molecule has 0 unspecified atom stereocenters. The molecule has 0 aromatic heterocycles. The highest BCUT2D eigenvalue weighted by molar-refractivity contribution is 6.35. The second-order valence-electron chi connectivity index (χ2n) is 4.71. The van der Waals surface area contributed by atoms with Crippen LogP contribution in [0.25, 0.3) is 0 Å². The van der Waals surface area contributed by atoms with E-state index in [0.29, 0.717) is 15.6 Å². The Hall–Kier alpha value is -0.530. The number of halogens is 2. The van der Waals surface area contributed by atoms with Gasteiger partial charge in [-0.2, -0.15) is 0 Å². The first-order valence-corrected chi connectivity index (χ1v) is 6.93. The van der Waals surface area contributed by atoms with Crippen molar-refractivity contribution < 1.29 is 4.79 Å². The van der Waals surface area contributed by atoms with Crippen LogP contribution in [0.1, 0.15) is 48.9 Å². The van der Waals surface area contributed by atoms with Gasteiger partial charge in [0.15, 0.2) is 5.78 Å². The van der Waals surface area contributed by atoms with Crippen LogP contribution >= 0.6 is 23.2 Å². The van der Waals surface area contributed by atoms with Gasteiger partial charge in [0.1, 0.15) is 0 Å². The van der Waals surface area contributed by atoms with Crippen LogP contribution in [0.15, 0.2) is 18.2 Å². The van der Waals surface area contributed by atoms with Crippen LogP contribution in [-0.2, 0) is 0 Å². The standard InChI is InChI=1S/C14H16Cl2O/c15-12-7-11(8-13(16)9-12)14(17)10-5-3-1-2-4-6-10/h7-10H,1-6H2. The quantitative estimate of drug-likeness (QED) is 0.537. The van der Waals surface area contributed by atoms with E-state index < -0.39 is 0 Å². The van der Waals surface area contributed by atoms with E-state index in [2.05, 4.69) is 0 Å². The van der Waals surface area contributed by atoms with Crippen LogP contribution in [0.3, 0.4) is 0 Å². The zero-order valence-corrected chi connectivity index (χ0v) is 11.2. The van der Waals surface area contributed by atoms with E-state index in [1.54, 1.807) is 18.2 Å². The molecule has 0 saturated heterocycles. The summed E-state index contributed by atoms with van der Waals surface area (Å²) in [4.78, 5) is 12.3. The highest BCUT2D eigenvalue weighted by atomic mass is 35.5. The molecule has 1 aliphatic rings. The lowest BCUT2D eigenvalue weighted by molar-refractivity contribution is 0.0908. The van der Waals surface area contributed by atoms with Crippen LogP contribution < -0.4 is 0 Å². The Morgan fingerprint density at radius 1 is 0.941 bits per heavy atom. The average molecular weight is 271 g/mol. The Kier molecular flexibility index (Phi) is 4.47. The summed E-state index contributed by atoms with van der Waals surface area (Å²) >= 11 is 11.9. The molecule has 1 saturated carbocycles. The van der Waals surface area contributed by atoms with Gasteiger partial charge < -0.3 is 0 Å². The van der Waals surface area contributed by atoms with E-state index in [4.69, 9.17) is 23.2 Å². The maximum Gasteiger partial charge on any atom is 0.166 e. The number of hydrogen-bond acceptors (Lipinski definition) is 1. The van der Waals surface area contributed by atoms with Gasteiger partial charge in [0.2, 0.25) is 0 Å². The maximum absolute atomic E-state index is 12.3. The van der Waals surface area contributed by atoms with E-state index in [9.17, 15) is 4.79 Å². The fraction of sp³-hybridized carbons (Fsp3) is 0.500. The molecule has 0 bridgehead atoms. The minimum absolute atomic E-state index is 0.159. The second kappa shape index (κ2) is 5.88. The molecule has 1 aromatic carbocycles. The van der Waals surface area contributed by atoms with E-state index in [1.807, 2.05) is 0 Å². The second-order valence-corrected chi connectivity index (χ2v) is 5.58. The molecular weight excluding hydrogens is 255 g/mol. The van der Waals surface area contributed by atoms with E-state index in [0.717, 1.165) is 25.7 Å². The van der Waals surface area contributed by atoms with E-state index in [1.165, 1.54) is 12.8 Å². The predicted molar refractivity (Wildman–Crippen MR) is 72.0 cm³/mol. The first-order chi connectivity index (χ1) is 8.16. The zero-order valence-electron chi connectivity index (χ0n) is 9.72. The highest BCUT2D eigenvalue weighted by Crippen LogP contribution is 2.28. The molecule has 0 heterocycles. The Morgan fingerprint density at radius 3 is 2.00 bits per heavy atom. The van der Waals surface area contributed by atoms with Crippen molar-refractivity contribution in [3.8, 4) is 0 Å². The van der Waals surface area contributed by atoms with Crippen molar-refractivity contribution in [2.24, 2.45) is 5.92 Å².